The standard InChI is InChI=1S/C31H27N3O4S2/c1-5-15-33-29(36)27-25(21-9-7-6-8-10-21)17-39-28(27)32-31(33)40-18-26(35)24-16-19(2)34(20(24)3)23-13-11-22(12-14-23)30(37)38-4/h5-14,16-17H,1,15,18H2,2-4H3. The summed E-state index contributed by atoms with van der Waals surface area (Å²) in [6, 6.07) is 18.7. The summed E-state index contributed by atoms with van der Waals surface area (Å²) in [6.07, 6.45) is 1.66. The third-order valence-corrected chi connectivity index (χ3v) is 8.51. The third-order valence-electron chi connectivity index (χ3n) is 6.67. The minimum atomic E-state index is -0.402. The van der Waals surface area contributed by atoms with Crippen LogP contribution in [0.3, 0.4) is 0 Å². The highest BCUT2D eigenvalue weighted by atomic mass is 32.2. The van der Waals surface area contributed by atoms with Crippen LogP contribution in [0, 0.1) is 13.8 Å². The minimum absolute atomic E-state index is 0.0637. The first kappa shape index (κ1) is 27.4. The maximum absolute atomic E-state index is 13.6. The highest BCUT2D eigenvalue weighted by Crippen LogP contribution is 2.32. The minimum Gasteiger partial charge on any atom is -0.465 e. The van der Waals surface area contributed by atoms with Crippen molar-refractivity contribution in [2.75, 3.05) is 12.9 Å². The summed E-state index contributed by atoms with van der Waals surface area (Å²) in [5.41, 5.74) is 5.26. The van der Waals surface area contributed by atoms with E-state index in [1.807, 2.05) is 72.3 Å². The van der Waals surface area contributed by atoms with E-state index in [-0.39, 0.29) is 17.1 Å². The quantitative estimate of drug-likeness (QED) is 0.0664. The van der Waals surface area contributed by atoms with Crippen LogP contribution < -0.4 is 5.56 Å². The molecule has 0 aliphatic rings. The van der Waals surface area contributed by atoms with Crippen molar-refractivity contribution in [2.45, 2.75) is 25.5 Å². The Morgan fingerprint density at radius 2 is 1.82 bits per heavy atom. The normalized spacial score (nSPS) is 11.1. The fourth-order valence-electron chi connectivity index (χ4n) is 4.75. The largest absolute Gasteiger partial charge is 0.465 e. The molecular formula is C31H27N3O4S2. The van der Waals surface area contributed by atoms with Crippen LogP contribution in [-0.2, 0) is 11.3 Å². The second-order valence-electron chi connectivity index (χ2n) is 9.16. The molecule has 0 saturated heterocycles. The number of ketones is 1. The van der Waals surface area contributed by atoms with Crippen LogP contribution >= 0.6 is 23.1 Å². The van der Waals surface area contributed by atoms with Crippen molar-refractivity contribution >= 4 is 45.1 Å². The molecule has 0 saturated carbocycles. The van der Waals surface area contributed by atoms with Gasteiger partial charge in [-0.15, -0.1) is 17.9 Å². The summed E-state index contributed by atoms with van der Waals surface area (Å²) in [6.45, 7) is 7.93. The van der Waals surface area contributed by atoms with Gasteiger partial charge < -0.3 is 9.30 Å². The first-order chi connectivity index (χ1) is 19.3. The highest BCUT2D eigenvalue weighted by Gasteiger charge is 2.21. The number of allylic oxidation sites excluding steroid dienone is 1. The van der Waals surface area contributed by atoms with Gasteiger partial charge in [0.05, 0.1) is 23.8 Å². The lowest BCUT2D eigenvalue weighted by molar-refractivity contribution is 0.0600. The Morgan fingerprint density at radius 3 is 2.50 bits per heavy atom. The lowest BCUT2D eigenvalue weighted by Gasteiger charge is -2.11. The van der Waals surface area contributed by atoms with E-state index < -0.39 is 5.97 Å². The van der Waals surface area contributed by atoms with Crippen molar-refractivity contribution in [1.82, 2.24) is 14.1 Å². The molecule has 0 aliphatic heterocycles. The number of Topliss-reactive ketones (excluding diaryl/α,β-unsaturated/α-hetero) is 1. The van der Waals surface area contributed by atoms with Gasteiger partial charge in [-0.3, -0.25) is 14.2 Å². The van der Waals surface area contributed by atoms with Crippen LogP contribution in [0.1, 0.15) is 32.1 Å². The lowest BCUT2D eigenvalue weighted by Crippen LogP contribution is -2.23. The van der Waals surface area contributed by atoms with E-state index in [9.17, 15) is 14.4 Å². The van der Waals surface area contributed by atoms with E-state index in [1.54, 1.807) is 22.8 Å². The number of nitrogens with zero attached hydrogens (tertiary/aromatic N) is 3. The monoisotopic (exact) mass is 569 g/mol. The number of esters is 1. The van der Waals surface area contributed by atoms with Crippen molar-refractivity contribution in [1.29, 1.82) is 0 Å². The van der Waals surface area contributed by atoms with Crippen LogP contribution in [0.15, 0.2) is 88.6 Å². The zero-order valence-corrected chi connectivity index (χ0v) is 24.0. The lowest BCUT2D eigenvalue weighted by atomic mass is 10.1. The number of thiophene rings is 1. The number of hydrogen-bond donors (Lipinski definition) is 0. The molecule has 0 fully saturated rings. The molecule has 9 heteroatoms. The van der Waals surface area contributed by atoms with Gasteiger partial charge in [-0.1, -0.05) is 48.2 Å². The zero-order valence-electron chi connectivity index (χ0n) is 22.3. The summed E-state index contributed by atoms with van der Waals surface area (Å²) in [5.74, 6) is -0.343. The van der Waals surface area contributed by atoms with Crippen molar-refractivity contribution in [3.05, 3.63) is 112 Å². The molecule has 7 nitrogen and oxygen atoms in total. The number of hydrogen-bond acceptors (Lipinski definition) is 7. The molecule has 202 valence electrons. The van der Waals surface area contributed by atoms with Crippen LogP contribution in [0.25, 0.3) is 27.0 Å². The predicted molar refractivity (Wildman–Crippen MR) is 161 cm³/mol. The molecule has 0 atom stereocenters. The smallest absolute Gasteiger partial charge is 0.337 e. The number of methoxy groups -OCH3 is 1. The number of thioether (sulfide) groups is 1. The zero-order chi connectivity index (χ0) is 28.4. The van der Waals surface area contributed by atoms with Gasteiger partial charge >= 0.3 is 5.97 Å². The second kappa shape index (κ2) is 11.5. The number of rotatable bonds is 9. The molecule has 5 aromatic rings. The fourth-order valence-corrected chi connectivity index (χ4v) is 6.63. The number of carbonyl (C=O) groups excluding carboxylic acids is 2. The number of fused-ring (bicyclic) bond motifs is 1. The number of benzene rings is 2. The second-order valence-corrected chi connectivity index (χ2v) is 11.0. The number of ether oxygens (including phenoxy) is 1. The molecule has 0 aliphatic carbocycles. The Kier molecular flexibility index (Phi) is 7.86. The maximum atomic E-state index is 13.6. The molecule has 0 radical (unpaired) electrons. The average molecular weight is 570 g/mol. The van der Waals surface area contributed by atoms with Crippen LogP contribution in [0.4, 0.5) is 0 Å². The Morgan fingerprint density at radius 1 is 1.10 bits per heavy atom. The fraction of sp³-hybridized carbons (Fsp3) is 0.161. The maximum Gasteiger partial charge on any atom is 0.337 e. The van der Waals surface area contributed by atoms with Crippen LogP contribution in [-0.4, -0.2) is 38.7 Å². The molecule has 3 aromatic heterocycles. The Hall–Kier alpha value is -4.21. The molecule has 40 heavy (non-hydrogen) atoms. The molecule has 3 heterocycles. The third kappa shape index (κ3) is 5.05. The molecule has 0 amide bonds. The van der Waals surface area contributed by atoms with Crippen molar-refractivity contribution in [3.63, 3.8) is 0 Å². The Balaban J connectivity index is 1.43. The first-order valence-corrected chi connectivity index (χ1v) is 14.4. The summed E-state index contributed by atoms with van der Waals surface area (Å²) < 4.78 is 8.34. The number of carbonyl (C=O) groups is 2. The van der Waals surface area contributed by atoms with E-state index in [0.29, 0.717) is 33.0 Å². The summed E-state index contributed by atoms with van der Waals surface area (Å²) in [4.78, 5) is 44.2. The summed E-state index contributed by atoms with van der Waals surface area (Å²) in [7, 11) is 1.35. The van der Waals surface area contributed by atoms with E-state index in [4.69, 9.17) is 9.72 Å². The molecule has 0 spiro atoms. The van der Waals surface area contributed by atoms with Gasteiger partial charge in [0.25, 0.3) is 5.56 Å². The van der Waals surface area contributed by atoms with Crippen molar-refractivity contribution < 1.29 is 14.3 Å². The van der Waals surface area contributed by atoms with E-state index in [1.165, 1.54) is 30.2 Å². The van der Waals surface area contributed by atoms with Gasteiger partial charge in [-0.05, 0) is 49.7 Å². The topological polar surface area (TPSA) is 83.2 Å². The van der Waals surface area contributed by atoms with Crippen molar-refractivity contribution in [3.8, 4) is 16.8 Å². The van der Waals surface area contributed by atoms with Gasteiger partial charge in [0, 0.05) is 40.1 Å². The van der Waals surface area contributed by atoms with Gasteiger partial charge in [-0.2, -0.15) is 0 Å². The molecule has 2 aromatic carbocycles. The SMILES string of the molecule is C=CCn1c(SCC(=O)c2cc(C)n(-c3ccc(C(=O)OC)cc3)c2C)nc2scc(-c3ccccc3)c2c1=O. The summed E-state index contributed by atoms with van der Waals surface area (Å²) >= 11 is 2.68. The Labute approximate surface area is 239 Å². The molecule has 0 unspecified atom stereocenters. The van der Waals surface area contributed by atoms with E-state index >= 15 is 0 Å². The van der Waals surface area contributed by atoms with Gasteiger partial charge in [-0.25, -0.2) is 9.78 Å². The highest BCUT2D eigenvalue weighted by molar-refractivity contribution is 7.99. The van der Waals surface area contributed by atoms with Gasteiger partial charge in [0.2, 0.25) is 0 Å². The average Bonchev–Trinajstić information content (AvgIpc) is 3.53. The van der Waals surface area contributed by atoms with Crippen LogP contribution in [0.5, 0.6) is 0 Å². The van der Waals surface area contributed by atoms with Crippen molar-refractivity contribution in [2.24, 2.45) is 0 Å². The van der Waals surface area contributed by atoms with E-state index in [0.717, 1.165) is 28.2 Å². The molecule has 0 bridgehead atoms. The number of aryl methyl sites for hydroxylation is 1. The number of aromatic nitrogens is 3. The van der Waals surface area contributed by atoms with Crippen LogP contribution in [0.2, 0.25) is 0 Å². The summed E-state index contributed by atoms with van der Waals surface area (Å²) in [5, 5.41) is 3.02. The predicted octanol–water partition coefficient (Wildman–Crippen LogP) is 6.48. The van der Waals surface area contributed by atoms with Gasteiger partial charge in [0.15, 0.2) is 10.9 Å². The first-order valence-electron chi connectivity index (χ1n) is 12.6. The Bertz CT molecular complexity index is 1800. The molecule has 5 rings (SSSR count). The molecule has 0 N–H and O–H groups in total. The van der Waals surface area contributed by atoms with E-state index in [2.05, 4.69) is 6.58 Å². The van der Waals surface area contributed by atoms with Gasteiger partial charge in [0.1, 0.15) is 4.83 Å². The molecular weight excluding hydrogens is 542 g/mol.